The molecule has 0 aromatic heterocycles. The van der Waals surface area contributed by atoms with Gasteiger partial charge in [0.25, 0.3) is 0 Å². The Balaban J connectivity index is 2.07. The third-order valence-corrected chi connectivity index (χ3v) is 7.77. The second-order valence-corrected chi connectivity index (χ2v) is 9.95. The first-order chi connectivity index (χ1) is 10.5. The molecule has 3 heteroatoms. The molecule has 0 atom stereocenters. The van der Waals surface area contributed by atoms with Gasteiger partial charge in [-0.2, -0.15) is 0 Å². The van der Waals surface area contributed by atoms with Crippen molar-refractivity contribution in [1.82, 2.24) is 0 Å². The summed E-state index contributed by atoms with van der Waals surface area (Å²) in [5.74, 6) is 1.09. The summed E-state index contributed by atoms with van der Waals surface area (Å²) < 4.78 is 10.3. The molecule has 1 nitrogen and oxygen atoms in total. The first-order valence-electron chi connectivity index (χ1n) is 7.35. The molecule has 0 amide bonds. The van der Waals surface area contributed by atoms with Crippen molar-refractivity contribution >= 4 is 46.5 Å². The summed E-state index contributed by atoms with van der Waals surface area (Å²) in [6.45, 7) is 7.44. The van der Waals surface area contributed by atoms with Crippen molar-refractivity contribution in [3.63, 3.8) is 0 Å². The predicted octanol–water partition coefficient (Wildman–Crippen LogP) is 4.51. The van der Waals surface area contributed by atoms with Crippen LogP contribution >= 0.6 is 22.6 Å². The van der Waals surface area contributed by atoms with E-state index >= 15 is 0 Å². The van der Waals surface area contributed by atoms with E-state index in [-0.39, 0.29) is 5.41 Å². The number of rotatable bonds is 2. The molecule has 0 bridgehead atoms. The van der Waals surface area contributed by atoms with Crippen LogP contribution in [0.5, 0.6) is 5.75 Å². The van der Waals surface area contributed by atoms with Crippen molar-refractivity contribution in [3.8, 4) is 5.75 Å². The monoisotopic (exact) mass is 470 g/mol. The van der Waals surface area contributed by atoms with E-state index in [0.717, 1.165) is 5.75 Å². The van der Waals surface area contributed by atoms with Gasteiger partial charge in [-0.15, -0.1) is 0 Å². The summed E-state index contributed by atoms with van der Waals surface area (Å²) in [6.07, 6.45) is 0. The topological polar surface area (TPSA) is 9.23 Å². The third kappa shape index (κ3) is 3.27. The number of hydrogen-bond donors (Lipinski definition) is 0. The van der Waals surface area contributed by atoms with Gasteiger partial charge in [-0.25, -0.2) is 0 Å². The summed E-state index contributed by atoms with van der Waals surface area (Å²) in [4.78, 5) is 0. The second kappa shape index (κ2) is 6.38. The van der Waals surface area contributed by atoms with Gasteiger partial charge < -0.3 is 0 Å². The molecule has 0 fully saturated rings. The molecule has 1 aliphatic heterocycles. The molecule has 0 aliphatic carbocycles. The van der Waals surface area contributed by atoms with Gasteiger partial charge in [0, 0.05) is 0 Å². The van der Waals surface area contributed by atoms with Crippen LogP contribution in [-0.4, -0.2) is 21.6 Å². The van der Waals surface area contributed by atoms with Crippen LogP contribution in [0.25, 0.3) is 4.47 Å². The van der Waals surface area contributed by atoms with Crippen molar-refractivity contribution in [3.05, 3.63) is 63.2 Å². The summed E-state index contributed by atoms with van der Waals surface area (Å²) in [6, 6.07) is 17.3. The zero-order valence-electron chi connectivity index (χ0n) is 13.0. The van der Waals surface area contributed by atoms with Crippen LogP contribution in [0.2, 0.25) is 0 Å². The number of hydrogen-bond acceptors (Lipinski definition) is 1. The Morgan fingerprint density at radius 2 is 1.73 bits per heavy atom. The van der Waals surface area contributed by atoms with Crippen LogP contribution in [0.4, 0.5) is 0 Å². The molecule has 0 unspecified atom stereocenters. The van der Waals surface area contributed by atoms with E-state index in [1.165, 1.54) is 23.6 Å². The maximum absolute atomic E-state index is 6.11. The molecule has 0 saturated heterocycles. The molecule has 0 radical (unpaired) electrons. The van der Waals surface area contributed by atoms with Gasteiger partial charge in [0.05, 0.1) is 0 Å². The van der Waals surface area contributed by atoms with Crippen molar-refractivity contribution in [1.29, 1.82) is 0 Å². The van der Waals surface area contributed by atoms with Crippen LogP contribution in [0.15, 0.2) is 52.1 Å². The Morgan fingerprint density at radius 3 is 2.41 bits per heavy atom. The minimum absolute atomic E-state index is 0.0962. The summed E-state index contributed by atoms with van der Waals surface area (Å²) in [7, 11) is 0. The van der Waals surface area contributed by atoms with Gasteiger partial charge >= 0.3 is 153 Å². The number of fused-ring (bicyclic) bond motifs is 1. The summed E-state index contributed by atoms with van der Waals surface area (Å²) in [5.41, 5.74) is 2.68. The van der Waals surface area contributed by atoms with Crippen LogP contribution in [0, 0.1) is 0 Å². The summed E-state index contributed by atoms with van der Waals surface area (Å²) >= 11 is 2.76. The number of para-hydroxylation sites is 1. The number of benzene rings is 2. The molecule has 0 N–H and O–H groups in total. The van der Waals surface area contributed by atoms with Gasteiger partial charge in [-0.3, -0.25) is 0 Å². The average molecular weight is 469 g/mol. The van der Waals surface area contributed by atoms with Gasteiger partial charge in [-0.1, -0.05) is 0 Å². The number of ether oxygens (including phenoxy) is 1. The molecule has 3 rings (SSSR count). The van der Waals surface area contributed by atoms with Crippen LogP contribution in [-0.2, 0) is 5.41 Å². The molecular weight excluding hydrogens is 450 g/mol. The Labute approximate surface area is 152 Å². The first-order valence-corrected chi connectivity index (χ1v) is 10.1. The summed E-state index contributed by atoms with van der Waals surface area (Å²) in [5, 5.41) is 0. The zero-order valence-corrected chi connectivity index (χ0v) is 16.9. The molecule has 1 heterocycles. The third-order valence-electron chi connectivity index (χ3n) is 3.62. The first kappa shape index (κ1) is 16.1. The van der Waals surface area contributed by atoms with Gasteiger partial charge in [0.2, 0.25) is 0 Å². The van der Waals surface area contributed by atoms with E-state index in [4.69, 9.17) is 4.74 Å². The molecule has 2 aromatic rings. The second-order valence-electron chi connectivity index (χ2n) is 6.37. The van der Waals surface area contributed by atoms with E-state index in [1.54, 1.807) is 0 Å². The van der Waals surface area contributed by atoms with E-state index in [0.29, 0.717) is 21.6 Å². The SMILES string of the molecule is CC(C)(C)c1cccc2c1OCC(I)=C2[Se]c1ccccc1. The van der Waals surface area contributed by atoms with Crippen molar-refractivity contribution < 1.29 is 4.74 Å². The Morgan fingerprint density at radius 1 is 1.00 bits per heavy atom. The van der Waals surface area contributed by atoms with E-state index < -0.39 is 0 Å². The van der Waals surface area contributed by atoms with E-state index in [2.05, 4.69) is 91.9 Å². The van der Waals surface area contributed by atoms with E-state index in [1.807, 2.05) is 0 Å². The Hall–Kier alpha value is -0.771. The Kier molecular flexibility index (Phi) is 4.67. The van der Waals surface area contributed by atoms with Crippen molar-refractivity contribution in [2.24, 2.45) is 0 Å². The Bertz CT molecular complexity index is 714. The standard InChI is InChI=1S/C19H19IOSe/c1-19(2,3)15-11-7-10-14-17(15)21-12-16(20)18(14)22-13-8-5-4-6-9-13/h4-11H,12H2,1-3H3. The molecule has 2 aromatic carbocycles. The van der Waals surface area contributed by atoms with Crippen molar-refractivity contribution in [2.75, 3.05) is 6.61 Å². The molecule has 22 heavy (non-hydrogen) atoms. The van der Waals surface area contributed by atoms with Crippen LogP contribution in [0.1, 0.15) is 31.9 Å². The van der Waals surface area contributed by atoms with Gasteiger partial charge in [-0.05, 0) is 0 Å². The average Bonchev–Trinajstić information content (AvgIpc) is 2.49. The zero-order chi connectivity index (χ0) is 15.7. The molecule has 0 saturated carbocycles. The van der Waals surface area contributed by atoms with Gasteiger partial charge in [0.15, 0.2) is 0 Å². The van der Waals surface area contributed by atoms with Crippen molar-refractivity contribution in [2.45, 2.75) is 26.2 Å². The minimum atomic E-state index is 0.0962. The molecular formula is C19H19IOSe. The predicted molar refractivity (Wildman–Crippen MR) is 103 cm³/mol. The van der Waals surface area contributed by atoms with Gasteiger partial charge in [0.1, 0.15) is 0 Å². The van der Waals surface area contributed by atoms with Crippen LogP contribution < -0.4 is 9.20 Å². The molecule has 114 valence electrons. The normalized spacial score (nSPS) is 14.5. The molecule has 0 spiro atoms. The fourth-order valence-electron chi connectivity index (χ4n) is 2.53. The van der Waals surface area contributed by atoms with E-state index in [9.17, 15) is 0 Å². The maximum atomic E-state index is 6.11. The fourth-order valence-corrected chi connectivity index (χ4v) is 5.58. The quantitative estimate of drug-likeness (QED) is 0.465. The van der Waals surface area contributed by atoms with Crippen LogP contribution in [0.3, 0.4) is 0 Å². The number of halogens is 1. The molecule has 1 aliphatic rings. The fraction of sp³-hybridized carbons (Fsp3) is 0.263.